The maximum absolute atomic E-state index is 13.7. The molecule has 0 saturated carbocycles. The summed E-state index contributed by atoms with van der Waals surface area (Å²) in [4.78, 5) is 84.1. The second kappa shape index (κ2) is 16.7. The molecule has 0 spiro atoms. The van der Waals surface area contributed by atoms with Crippen molar-refractivity contribution in [3.63, 3.8) is 0 Å². The fraction of sp³-hybridized carbons (Fsp3) is 0.419. The van der Waals surface area contributed by atoms with E-state index in [1.54, 1.807) is 22.1 Å². The smallest absolute Gasteiger partial charge is 0.407 e. The Bertz CT molecular complexity index is 2420. The van der Waals surface area contributed by atoms with E-state index in [1.807, 2.05) is 52.0 Å². The molecule has 0 radical (unpaired) electrons. The number of carbonyl (C=O) groups is 4. The van der Waals surface area contributed by atoms with E-state index in [4.69, 9.17) is 19.4 Å². The van der Waals surface area contributed by atoms with Gasteiger partial charge in [-0.2, -0.15) is 0 Å². The zero-order chi connectivity index (χ0) is 41.2. The van der Waals surface area contributed by atoms with Gasteiger partial charge in [0.15, 0.2) is 0 Å². The van der Waals surface area contributed by atoms with E-state index in [2.05, 4.69) is 44.9 Å². The molecule has 3 aromatic carbocycles. The Hall–Kier alpha value is -6.25. The van der Waals surface area contributed by atoms with Crippen LogP contribution in [-0.2, 0) is 19.1 Å². The van der Waals surface area contributed by atoms with Crippen molar-refractivity contribution in [1.82, 2.24) is 40.4 Å². The van der Waals surface area contributed by atoms with Gasteiger partial charge in [0.25, 0.3) is 5.56 Å². The Balaban J connectivity index is 1.11. The van der Waals surface area contributed by atoms with Crippen LogP contribution in [0.2, 0.25) is 0 Å². The van der Waals surface area contributed by atoms with Gasteiger partial charge in [-0.3, -0.25) is 14.4 Å². The van der Waals surface area contributed by atoms with Crippen molar-refractivity contribution in [3.8, 4) is 22.4 Å². The number of rotatable bonds is 10. The second-order valence-corrected chi connectivity index (χ2v) is 15.7. The van der Waals surface area contributed by atoms with Gasteiger partial charge in [0, 0.05) is 18.7 Å². The van der Waals surface area contributed by atoms with Crippen LogP contribution in [0.15, 0.2) is 65.6 Å². The van der Waals surface area contributed by atoms with Crippen LogP contribution in [0.3, 0.4) is 0 Å². The molecule has 2 aromatic heterocycles. The predicted octanol–water partition coefficient (Wildman–Crippen LogP) is 6.22. The predicted molar refractivity (Wildman–Crippen MR) is 219 cm³/mol. The minimum absolute atomic E-state index is 0.122. The van der Waals surface area contributed by atoms with Crippen LogP contribution in [0.4, 0.5) is 9.59 Å². The second-order valence-electron chi connectivity index (χ2n) is 15.7. The Morgan fingerprint density at radius 2 is 1.22 bits per heavy atom. The molecule has 0 aliphatic carbocycles. The van der Waals surface area contributed by atoms with Gasteiger partial charge >= 0.3 is 12.2 Å². The highest BCUT2D eigenvalue weighted by Gasteiger charge is 2.39. The lowest BCUT2D eigenvalue weighted by molar-refractivity contribution is -0.136. The monoisotopic (exact) mass is 790 g/mol. The summed E-state index contributed by atoms with van der Waals surface area (Å²) >= 11 is 0. The Morgan fingerprint density at radius 3 is 1.79 bits per heavy atom. The van der Waals surface area contributed by atoms with E-state index in [1.165, 1.54) is 14.2 Å². The van der Waals surface area contributed by atoms with Crippen LogP contribution >= 0.6 is 0 Å². The Kier molecular flexibility index (Phi) is 11.5. The fourth-order valence-electron chi connectivity index (χ4n) is 8.13. The number of likely N-dealkylation sites (tertiary alicyclic amines) is 2. The molecule has 58 heavy (non-hydrogen) atoms. The molecule has 2 fully saturated rings. The van der Waals surface area contributed by atoms with Crippen LogP contribution in [-0.4, -0.2) is 93.1 Å². The number of hydrogen-bond donors (Lipinski definition) is 4. The van der Waals surface area contributed by atoms with Crippen molar-refractivity contribution >= 4 is 45.7 Å². The molecule has 5 aromatic rings. The molecule has 2 saturated heterocycles. The first-order valence-corrected chi connectivity index (χ1v) is 19.8. The fourth-order valence-corrected chi connectivity index (χ4v) is 8.13. The van der Waals surface area contributed by atoms with Gasteiger partial charge in [-0.15, -0.1) is 0 Å². The number of benzene rings is 3. The Labute approximate surface area is 335 Å². The number of amides is 4. The number of aromatic nitrogens is 4. The minimum Gasteiger partial charge on any atom is -0.453 e. The van der Waals surface area contributed by atoms with Crippen LogP contribution < -0.4 is 16.2 Å². The first-order chi connectivity index (χ1) is 27.9. The van der Waals surface area contributed by atoms with E-state index in [0.717, 1.165) is 52.4 Å². The first-order valence-electron chi connectivity index (χ1n) is 19.8. The van der Waals surface area contributed by atoms with E-state index in [9.17, 15) is 24.0 Å². The summed E-state index contributed by atoms with van der Waals surface area (Å²) in [6.07, 6.45) is 3.43. The number of imidazole rings is 1. The lowest BCUT2D eigenvalue weighted by atomic mass is 9.98. The van der Waals surface area contributed by atoms with Crippen LogP contribution in [0.25, 0.3) is 44.1 Å². The molecule has 4 amide bonds. The number of carbonyl (C=O) groups excluding carboxylic acids is 4. The third-order valence-electron chi connectivity index (χ3n) is 11.3. The van der Waals surface area contributed by atoms with E-state index < -0.39 is 30.3 Å². The minimum atomic E-state index is -0.783. The average molecular weight is 791 g/mol. The van der Waals surface area contributed by atoms with Crippen LogP contribution in [0, 0.1) is 11.8 Å². The summed E-state index contributed by atoms with van der Waals surface area (Å²) < 4.78 is 9.52. The van der Waals surface area contributed by atoms with Gasteiger partial charge in [-0.25, -0.2) is 19.6 Å². The number of alkyl carbamates (subject to hydrolysis) is 2. The molecular weight excluding hydrogens is 741 g/mol. The first kappa shape index (κ1) is 40.0. The number of nitrogens with one attached hydrogen (secondary N) is 4. The van der Waals surface area contributed by atoms with Gasteiger partial charge in [0.2, 0.25) is 11.8 Å². The van der Waals surface area contributed by atoms with Crippen molar-refractivity contribution in [2.45, 2.75) is 77.5 Å². The standard InChI is InChI=1S/C43H50N8O7/c1-23(2)35(47-42(55)57-5)40(53)50-17-7-9-33(50)37-44-22-32(46-37)29-14-13-25-19-26(11-12-27(25)20-29)28-15-16-30-31(21-28)45-38(49-39(30)52)34-10-8-18-51(34)41(54)36(24(3)4)48-43(56)58-6/h11-16,19-24,33-36H,7-10,17-18H2,1-6H3,(H,44,46)(H,47,55)(H,48,56)(H,45,49,52)/t33-,34-,35-,36-/m0/s1. The zero-order valence-electron chi connectivity index (χ0n) is 33.6. The topological polar surface area (TPSA) is 192 Å². The molecule has 4 heterocycles. The van der Waals surface area contributed by atoms with E-state index in [0.29, 0.717) is 42.1 Å². The number of fused-ring (bicyclic) bond motifs is 2. The Morgan fingerprint density at radius 1 is 0.707 bits per heavy atom. The summed E-state index contributed by atoms with van der Waals surface area (Å²) in [5.74, 6) is 0.409. The van der Waals surface area contributed by atoms with E-state index in [-0.39, 0.29) is 35.3 Å². The highest BCUT2D eigenvalue weighted by Crippen LogP contribution is 2.35. The number of aromatic amines is 2. The summed E-state index contributed by atoms with van der Waals surface area (Å²) in [5.41, 5.74) is 3.86. The summed E-state index contributed by atoms with van der Waals surface area (Å²) in [6.45, 7) is 8.55. The SMILES string of the molecule is COC(=O)N[C@H](C(=O)N1CCC[C@H]1c1ncc(-c2ccc3cc(-c4ccc5c(=O)[nH]c([C@@H]6CCCN6C(=O)[C@@H](NC(=O)OC)C(C)C)nc5c4)ccc3c2)[nH]1)C(C)C. The molecule has 0 bridgehead atoms. The molecule has 15 nitrogen and oxygen atoms in total. The molecule has 7 rings (SSSR count). The molecule has 4 atom stereocenters. The third-order valence-corrected chi connectivity index (χ3v) is 11.3. The quantitative estimate of drug-likeness (QED) is 0.127. The van der Waals surface area contributed by atoms with Crippen molar-refractivity contribution in [2.75, 3.05) is 27.3 Å². The normalized spacial score (nSPS) is 17.9. The van der Waals surface area contributed by atoms with Crippen molar-refractivity contribution in [2.24, 2.45) is 11.8 Å². The highest BCUT2D eigenvalue weighted by atomic mass is 16.5. The maximum atomic E-state index is 13.7. The summed E-state index contributed by atoms with van der Waals surface area (Å²) in [5, 5.41) is 7.84. The van der Waals surface area contributed by atoms with Crippen LogP contribution in [0.5, 0.6) is 0 Å². The average Bonchev–Trinajstić information content (AvgIpc) is 4.02. The van der Waals surface area contributed by atoms with Crippen LogP contribution in [0.1, 0.15) is 77.1 Å². The lowest BCUT2D eigenvalue weighted by Gasteiger charge is -2.30. The highest BCUT2D eigenvalue weighted by molar-refractivity contribution is 5.92. The van der Waals surface area contributed by atoms with Gasteiger partial charge in [-0.1, -0.05) is 58.0 Å². The maximum Gasteiger partial charge on any atom is 0.407 e. The number of hydrogen-bond acceptors (Lipinski definition) is 9. The molecule has 2 aliphatic rings. The molecule has 15 heteroatoms. The van der Waals surface area contributed by atoms with Crippen molar-refractivity contribution in [3.05, 3.63) is 82.8 Å². The van der Waals surface area contributed by atoms with E-state index >= 15 is 0 Å². The van der Waals surface area contributed by atoms with Gasteiger partial charge in [0.05, 0.1) is 49.1 Å². The van der Waals surface area contributed by atoms with Gasteiger partial charge in [0.1, 0.15) is 23.7 Å². The number of methoxy groups -OCH3 is 2. The van der Waals surface area contributed by atoms with Crippen molar-refractivity contribution < 1.29 is 28.7 Å². The number of H-pyrrole nitrogens is 2. The molecule has 4 N–H and O–H groups in total. The number of nitrogens with zero attached hydrogens (tertiary/aromatic N) is 4. The zero-order valence-corrected chi connectivity index (χ0v) is 33.6. The largest absolute Gasteiger partial charge is 0.453 e. The number of ether oxygens (including phenoxy) is 2. The lowest BCUT2D eigenvalue weighted by Crippen LogP contribution is -2.51. The molecule has 0 unspecified atom stereocenters. The molecular formula is C43H50N8O7. The molecule has 2 aliphatic heterocycles. The summed E-state index contributed by atoms with van der Waals surface area (Å²) in [6, 6.07) is 15.8. The van der Waals surface area contributed by atoms with Gasteiger partial charge < -0.3 is 39.9 Å². The van der Waals surface area contributed by atoms with Gasteiger partial charge in [-0.05, 0) is 83.7 Å². The molecule has 304 valence electrons. The van der Waals surface area contributed by atoms with Crippen molar-refractivity contribution in [1.29, 1.82) is 0 Å². The third kappa shape index (κ3) is 7.98. The summed E-state index contributed by atoms with van der Waals surface area (Å²) in [7, 11) is 2.54.